The van der Waals surface area contributed by atoms with Crippen LogP contribution in [0.25, 0.3) is 0 Å². The molecule has 0 aliphatic heterocycles. The van der Waals surface area contributed by atoms with Gasteiger partial charge in [-0.3, -0.25) is 4.79 Å². The summed E-state index contributed by atoms with van der Waals surface area (Å²) in [5.41, 5.74) is 2.74. The first-order valence-electron chi connectivity index (χ1n) is 7.99. The molecule has 0 saturated heterocycles. The van der Waals surface area contributed by atoms with Crippen molar-refractivity contribution in [2.24, 2.45) is 0 Å². The van der Waals surface area contributed by atoms with Crippen molar-refractivity contribution in [1.29, 1.82) is 0 Å². The molecule has 0 spiro atoms. The van der Waals surface area contributed by atoms with Crippen LogP contribution in [0.2, 0.25) is 0 Å². The zero-order valence-electron chi connectivity index (χ0n) is 13.5. The maximum absolute atomic E-state index is 12.5. The molecule has 1 amide bonds. The normalized spacial score (nSPS) is 16.6. The predicted molar refractivity (Wildman–Crippen MR) is 92.3 cm³/mol. The van der Waals surface area contributed by atoms with Crippen LogP contribution in [0.1, 0.15) is 40.9 Å². The van der Waals surface area contributed by atoms with Gasteiger partial charge in [-0.2, -0.15) is 0 Å². The summed E-state index contributed by atoms with van der Waals surface area (Å²) >= 11 is 0. The Morgan fingerprint density at radius 3 is 2.75 bits per heavy atom. The lowest BCUT2D eigenvalue weighted by Crippen LogP contribution is -2.28. The summed E-state index contributed by atoms with van der Waals surface area (Å²) in [6, 6.07) is 14.1. The molecule has 1 aliphatic rings. The largest absolute Gasteiger partial charge is 0.345 e. The highest BCUT2D eigenvalue weighted by Gasteiger charge is 2.24. The highest BCUT2D eigenvalue weighted by Crippen LogP contribution is 2.30. The fourth-order valence-corrected chi connectivity index (χ4v) is 4.11. The van der Waals surface area contributed by atoms with Gasteiger partial charge >= 0.3 is 0 Å². The van der Waals surface area contributed by atoms with Crippen LogP contribution in [0.5, 0.6) is 0 Å². The molecule has 0 aromatic heterocycles. The Kier molecular flexibility index (Phi) is 4.69. The van der Waals surface area contributed by atoms with Crippen molar-refractivity contribution in [2.75, 3.05) is 6.54 Å². The Hall–Kier alpha value is -2.18. The van der Waals surface area contributed by atoms with Gasteiger partial charge in [0.05, 0.1) is 10.9 Å². The lowest BCUT2D eigenvalue weighted by Gasteiger charge is -2.14. The third-order valence-corrected chi connectivity index (χ3v) is 5.72. The average Bonchev–Trinajstić information content (AvgIpc) is 2.98. The first kappa shape index (κ1) is 16.7. The molecule has 0 heterocycles. The lowest BCUT2D eigenvalue weighted by atomic mass is 10.1. The average molecular weight is 344 g/mol. The van der Waals surface area contributed by atoms with Gasteiger partial charge in [0.2, 0.25) is 10.0 Å². The van der Waals surface area contributed by atoms with E-state index in [1.807, 2.05) is 18.2 Å². The van der Waals surface area contributed by atoms with E-state index in [0.29, 0.717) is 12.1 Å². The third kappa shape index (κ3) is 3.34. The Morgan fingerprint density at radius 1 is 1.17 bits per heavy atom. The number of benzene rings is 2. The minimum atomic E-state index is -3.57. The van der Waals surface area contributed by atoms with Crippen LogP contribution >= 0.6 is 0 Å². The van der Waals surface area contributed by atoms with Gasteiger partial charge in [-0.1, -0.05) is 37.3 Å². The van der Waals surface area contributed by atoms with Gasteiger partial charge in [-0.15, -0.1) is 0 Å². The second-order valence-electron chi connectivity index (χ2n) is 5.79. The molecule has 126 valence electrons. The van der Waals surface area contributed by atoms with Gasteiger partial charge < -0.3 is 5.32 Å². The van der Waals surface area contributed by atoms with Crippen LogP contribution < -0.4 is 10.0 Å². The van der Waals surface area contributed by atoms with Crippen LogP contribution in [0.3, 0.4) is 0 Å². The molecule has 2 aromatic carbocycles. The number of carbonyl (C=O) groups excluding carboxylic acids is 1. The SMILES string of the molecule is CCNS(=O)(=O)c1cccc(C(=O)NC2CCc3ccccc32)c1. The monoisotopic (exact) mass is 344 g/mol. The molecular formula is C18H20N2O3S. The van der Waals surface area contributed by atoms with Gasteiger partial charge in [0.15, 0.2) is 0 Å². The molecule has 2 N–H and O–H groups in total. The molecule has 1 atom stereocenters. The maximum Gasteiger partial charge on any atom is 0.251 e. The van der Waals surface area contributed by atoms with Crippen LogP contribution in [0, 0.1) is 0 Å². The number of aryl methyl sites for hydroxylation is 1. The standard InChI is InChI=1S/C18H20N2O3S/c1-2-19-24(22,23)15-8-5-7-14(12-15)18(21)20-17-11-10-13-6-3-4-9-16(13)17/h3-9,12,17,19H,2,10-11H2,1H3,(H,20,21). The number of fused-ring (bicyclic) bond motifs is 1. The quantitative estimate of drug-likeness (QED) is 0.874. The molecule has 3 rings (SSSR count). The van der Waals surface area contributed by atoms with E-state index in [1.54, 1.807) is 19.1 Å². The molecule has 24 heavy (non-hydrogen) atoms. The van der Waals surface area contributed by atoms with Crippen molar-refractivity contribution in [3.8, 4) is 0 Å². The second-order valence-corrected chi connectivity index (χ2v) is 7.56. The van der Waals surface area contributed by atoms with Crippen LogP contribution in [0.15, 0.2) is 53.4 Å². The molecule has 0 fully saturated rings. The Morgan fingerprint density at radius 2 is 1.96 bits per heavy atom. The molecule has 1 aliphatic carbocycles. The fourth-order valence-electron chi connectivity index (χ4n) is 3.03. The number of carbonyl (C=O) groups is 1. The second kappa shape index (κ2) is 6.75. The Bertz CT molecular complexity index is 862. The molecule has 6 heteroatoms. The van der Waals surface area contributed by atoms with Crippen molar-refractivity contribution in [3.05, 3.63) is 65.2 Å². The van der Waals surface area contributed by atoms with E-state index in [4.69, 9.17) is 0 Å². The van der Waals surface area contributed by atoms with Crippen LogP contribution in [0.4, 0.5) is 0 Å². The van der Waals surface area contributed by atoms with E-state index < -0.39 is 10.0 Å². The number of hydrogen-bond donors (Lipinski definition) is 2. The maximum atomic E-state index is 12.5. The van der Waals surface area contributed by atoms with E-state index in [2.05, 4.69) is 16.1 Å². The number of hydrogen-bond acceptors (Lipinski definition) is 3. The summed E-state index contributed by atoms with van der Waals surface area (Å²) < 4.78 is 26.6. The summed E-state index contributed by atoms with van der Waals surface area (Å²) in [6.07, 6.45) is 1.80. The van der Waals surface area contributed by atoms with Gasteiger partial charge in [-0.05, 0) is 42.2 Å². The minimum absolute atomic E-state index is 0.0252. The summed E-state index contributed by atoms with van der Waals surface area (Å²) in [6.45, 7) is 2.02. The lowest BCUT2D eigenvalue weighted by molar-refractivity contribution is 0.0936. The minimum Gasteiger partial charge on any atom is -0.345 e. The van der Waals surface area contributed by atoms with Gasteiger partial charge in [0, 0.05) is 12.1 Å². The number of nitrogens with one attached hydrogen (secondary N) is 2. The topological polar surface area (TPSA) is 75.3 Å². The van der Waals surface area contributed by atoms with E-state index >= 15 is 0 Å². The molecule has 5 nitrogen and oxygen atoms in total. The van der Waals surface area contributed by atoms with Crippen molar-refractivity contribution >= 4 is 15.9 Å². The number of sulfonamides is 1. The molecule has 2 aromatic rings. The highest BCUT2D eigenvalue weighted by molar-refractivity contribution is 7.89. The first-order valence-corrected chi connectivity index (χ1v) is 9.48. The van der Waals surface area contributed by atoms with Crippen LogP contribution in [-0.2, 0) is 16.4 Å². The summed E-state index contributed by atoms with van der Waals surface area (Å²) in [7, 11) is -3.57. The smallest absolute Gasteiger partial charge is 0.251 e. The summed E-state index contributed by atoms with van der Waals surface area (Å²) in [4.78, 5) is 12.6. The predicted octanol–water partition coefficient (Wildman–Crippen LogP) is 2.40. The van der Waals surface area contributed by atoms with E-state index in [-0.39, 0.29) is 16.8 Å². The van der Waals surface area contributed by atoms with Gasteiger partial charge in [0.25, 0.3) is 5.91 Å². The van der Waals surface area contributed by atoms with Crippen molar-refractivity contribution in [3.63, 3.8) is 0 Å². The van der Waals surface area contributed by atoms with Crippen molar-refractivity contribution in [1.82, 2.24) is 10.0 Å². The zero-order chi connectivity index (χ0) is 17.2. The van der Waals surface area contributed by atoms with Crippen molar-refractivity contribution < 1.29 is 13.2 Å². The zero-order valence-corrected chi connectivity index (χ0v) is 14.3. The van der Waals surface area contributed by atoms with E-state index in [9.17, 15) is 13.2 Å². The Balaban J connectivity index is 1.79. The molecule has 0 bridgehead atoms. The molecule has 1 unspecified atom stereocenters. The molecular weight excluding hydrogens is 324 g/mol. The van der Waals surface area contributed by atoms with Crippen LogP contribution in [-0.4, -0.2) is 20.9 Å². The third-order valence-electron chi connectivity index (χ3n) is 4.18. The summed E-state index contributed by atoms with van der Waals surface area (Å²) in [5, 5.41) is 3.01. The van der Waals surface area contributed by atoms with Gasteiger partial charge in [0.1, 0.15) is 0 Å². The number of rotatable bonds is 5. The van der Waals surface area contributed by atoms with E-state index in [1.165, 1.54) is 17.7 Å². The highest BCUT2D eigenvalue weighted by atomic mass is 32.2. The molecule has 0 saturated carbocycles. The number of amides is 1. The fraction of sp³-hybridized carbons (Fsp3) is 0.278. The molecule has 0 radical (unpaired) electrons. The summed E-state index contributed by atoms with van der Waals surface area (Å²) in [5.74, 6) is -0.259. The first-order chi connectivity index (χ1) is 11.5. The van der Waals surface area contributed by atoms with Gasteiger partial charge in [-0.25, -0.2) is 13.1 Å². The Labute approximate surface area is 142 Å². The van der Waals surface area contributed by atoms with Crippen molar-refractivity contribution in [2.45, 2.75) is 30.7 Å². The van der Waals surface area contributed by atoms with E-state index in [0.717, 1.165) is 18.4 Å².